The quantitative estimate of drug-likeness (QED) is 0.863. The highest BCUT2D eigenvalue weighted by atomic mass is 16.2. The SMILES string of the molecule is CC(C)CC1CCN(c2cc(C3CCC(=O)NC3=O)ccn2)CC1. The van der Waals surface area contributed by atoms with E-state index in [0.717, 1.165) is 36.3 Å². The van der Waals surface area contributed by atoms with E-state index < -0.39 is 0 Å². The van der Waals surface area contributed by atoms with Crippen molar-refractivity contribution in [1.29, 1.82) is 0 Å². The number of nitrogens with one attached hydrogen (secondary N) is 1. The van der Waals surface area contributed by atoms with Crippen LogP contribution in [-0.2, 0) is 9.59 Å². The van der Waals surface area contributed by atoms with E-state index in [1.165, 1.54) is 19.3 Å². The van der Waals surface area contributed by atoms with Crippen molar-refractivity contribution in [3.8, 4) is 0 Å². The maximum Gasteiger partial charge on any atom is 0.234 e. The number of hydrogen-bond donors (Lipinski definition) is 1. The Morgan fingerprint density at radius 1 is 1.25 bits per heavy atom. The predicted octanol–water partition coefficient (Wildman–Crippen LogP) is 2.86. The van der Waals surface area contributed by atoms with E-state index >= 15 is 0 Å². The van der Waals surface area contributed by atoms with E-state index in [0.29, 0.717) is 12.8 Å². The molecule has 0 aliphatic carbocycles. The van der Waals surface area contributed by atoms with E-state index in [1.807, 2.05) is 12.1 Å². The zero-order valence-corrected chi connectivity index (χ0v) is 14.6. The summed E-state index contributed by atoms with van der Waals surface area (Å²) in [5, 5.41) is 2.44. The third kappa shape index (κ3) is 3.94. The van der Waals surface area contributed by atoms with Gasteiger partial charge in [-0.1, -0.05) is 13.8 Å². The topological polar surface area (TPSA) is 62.3 Å². The lowest BCUT2D eigenvalue weighted by atomic mass is 9.88. The third-order valence-corrected chi connectivity index (χ3v) is 5.15. The molecule has 5 heteroatoms. The highest BCUT2D eigenvalue weighted by Gasteiger charge is 2.29. The molecular formula is C19H27N3O2. The number of rotatable bonds is 4. The smallest absolute Gasteiger partial charge is 0.234 e. The minimum absolute atomic E-state index is 0.169. The van der Waals surface area contributed by atoms with E-state index in [4.69, 9.17) is 0 Å². The molecule has 0 bridgehead atoms. The zero-order valence-electron chi connectivity index (χ0n) is 14.6. The summed E-state index contributed by atoms with van der Waals surface area (Å²) in [6.07, 6.45) is 6.51. The van der Waals surface area contributed by atoms with Gasteiger partial charge in [0.25, 0.3) is 0 Å². The molecule has 0 radical (unpaired) electrons. The second-order valence-electron chi connectivity index (χ2n) is 7.51. The van der Waals surface area contributed by atoms with Crippen molar-refractivity contribution in [2.24, 2.45) is 11.8 Å². The first-order chi connectivity index (χ1) is 11.5. The number of pyridine rings is 1. The highest BCUT2D eigenvalue weighted by Crippen LogP contribution is 2.30. The van der Waals surface area contributed by atoms with E-state index in [9.17, 15) is 9.59 Å². The number of imide groups is 1. The molecule has 1 aromatic rings. The summed E-state index contributed by atoms with van der Waals surface area (Å²) in [5.41, 5.74) is 0.967. The number of piperidine rings is 2. The van der Waals surface area contributed by atoms with Crippen LogP contribution in [0.4, 0.5) is 5.82 Å². The van der Waals surface area contributed by atoms with Crippen LogP contribution < -0.4 is 10.2 Å². The lowest BCUT2D eigenvalue weighted by molar-refractivity contribution is -0.134. The number of amides is 2. The summed E-state index contributed by atoms with van der Waals surface area (Å²) in [6, 6.07) is 3.93. The van der Waals surface area contributed by atoms with Gasteiger partial charge in [0.15, 0.2) is 0 Å². The first kappa shape index (κ1) is 16.9. The minimum atomic E-state index is -0.233. The zero-order chi connectivity index (χ0) is 17.1. The van der Waals surface area contributed by atoms with Gasteiger partial charge < -0.3 is 4.90 Å². The summed E-state index contributed by atoms with van der Waals surface area (Å²) in [5.74, 6) is 1.95. The molecule has 1 unspecified atom stereocenters. The van der Waals surface area contributed by atoms with Gasteiger partial charge in [0.2, 0.25) is 11.8 Å². The summed E-state index contributed by atoms with van der Waals surface area (Å²) in [7, 11) is 0. The Bertz CT molecular complexity index is 606. The molecular weight excluding hydrogens is 302 g/mol. The molecule has 3 rings (SSSR count). The van der Waals surface area contributed by atoms with Crippen LogP contribution in [0.3, 0.4) is 0 Å². The fraction of sp³-hybridized carbons (Fsp3) is 0.632. The number of carbonyl (C=O) groups is 2. The normalized spacial score (nSPS) is 22.8. The standard InChI is InChI=1S/C19H27N3O2/c1-13(2)11-14-6-9-22(10-7-14)17-12-15(5-8-20-17)16-3-4-18(23)21-19(16)24/h5,8,12-14,16H,3-4,6-7,9-11H2,1-2H3,(H,21,23,24). The van der Waals surface area contributed by atoms with Crippen molar-refractivity contribution in [3.05, 3.63) is 23.9 Å². The van der Waals surface area contributed by atoms with Crippen molar-refractivity contribution in [2.45, 2.75) is 51.9 Å². The van der Waals surface area contributed by atoms with Gasteiger partial charge >= 0.3 is 0 Å². The number of hydrogen-bond acceptors (Lipinski definition) is 4. The van der Waals surface area contributed by atoms with Crippen LogP contribution in [0.5, 0.6) is 0 Å². The molecule has 0 saturated carbocycles. The molecule has 2 fully saturated rings. The molecule has 0 spiro atoms. The lowest BCUT2D eigenvalue weighted by Gasteiger charge is -2.34. The van der Waals surface area contributed by atoms with Gasteiger partial charge in [-0.15, -0.1) is 0 Å². The van der Waals surface area contributed by atoms with Crippen molar-refractivity contribution >= 4 is 17.6 Å². The summed E-state index contributed by atoms with van der Waals surface area (Å²) in [4.78, 5) is 30.2. The second kappa shape index (κ2) is 7.32. The largest absolute Gasteiger partial charge is 0.357 e. The average Bonchev–Trinajstić information content (AvgIpc) is 2.55. The number of nitrogens with zero attached hydrogens (tertiary/aromatic N) is 2. The van der Waals surface area contributed by atoms with Crippen LogP contribution >= 0.6 is 0 Å². The molecule has 1 aromatic heterocycles. The second-order valence-corrected chi connectivity index (χ2v) is 7.51. The molecule has 1 N–H and O–H groups in total. The molecule has 1 atom stereocenters. The monoisotopic (exact) mass is 329 g/mol. The van der Waals surface area contributed by atoms with Gasteiger partial charge in [-0.3, -0.25) is 14.9 Å². The van der Waals surface area contributed by atoms with Crippen LogP contribution in [0, 0.1) is 11.8 Å². The first-order valence-corrected chi connectivity index (χ1v) is 9.07. The fourth-order valence-corrected chi connectivity index (χ4v) is 3.90. The van der Waals surface area contributed by atoms with Crippen molar-refractivity contribution in [3.63, 3.8) is 0 Å². The van der Waals surface area contributed by atoms with Crippen LogP contribution in [0.1, 0.15) is 57.4 Å². The molecule has 0 aromatic carbocycles. The fourth-order valence-electron chi connectivity index (χ4n) is 3.90. The molecule has 2 saturated heterocycles. The Morgan fingerprint density at radius 2 is 2.00 bits per heavy atom. The van der Waals surface area contributed by atoms with E-state index in [1.54, 1.807) is 6.20 Å². The molecule has 3 heterocycles. The van der Waals surface area contributed by atoms with Gasteiger partial charge in [0.1, 0.15) is 5.82 Å². The average molecular weight is 329 g/mol. The Morgan fingerprint density at radius 3 is 2.67 bits per heavy atom. The maximum absolute atomic E-state index is 12.1. The van der Waals surface area contributed by atoms with Crippen molar-refractivity contribution < 1.29 is 9.59 Å². The summed E-state index contributed by atoms with van der Waals surface area (Å²) in [6.45, 7) is 6.64. The summed E-state index contributed by atoms with van der Waals surface area (Å²) >= 11 is 0. The number of aromatic nitrogens is 1. The molecule has 130 valence electrons. The number of anilines is 1. The minimum Gasteiger partial charge on any atom is -0.357 e. The van der Waals surface area contributed by atoms with Crippen molar-refractivity contribution in [2.75, 3.05) is 18.0 Å². The maximum atomic E-state index is 12.1. The first-order valence-electron chi connectivity index (χ1n) is 9.07. The highest BCUT2D eigenvalue weighted by molar-refractivity contribution is 6.00. The Hall–Kier alpha value is -1.91. The lowest BCUT2D eigenvalue weighted by Crippen LogP contribution is -2.39. The van der Waals surface area contributed by atoms with Crippen LogP contribution in [0.25, 0.3) is 0 Å². The Labute approximate surface area is 143 Å². The van der Waals surface area contributed by atoms with Crippen LogP contribution in [-0.4, -0.2) is 29.9 Å². The third-order valence-electron chi connectivity index (χ3n) is 5.15. The van der Waals surface area contributed by atoms with Gasteiger partial charge in [-0.2, -0.15) is 0 Å². The van der Waals surface area contributed by atoms with Gasteiger partial charge in [0.05, 0.1) is 5.92 Å². The van der Waals surface area contributed by atoms with Gasteiger partial charge in [-0.25, -0.2) is 4.98 Å². The molecule has 5 nitrogen and oxygen atoms in total. The Balaban J connectivity index is 1.66. The van der Waals surface area contributed by atoms with Crippen LogP contribution in [0.15, 0.2) is 18.3 Å². The molecule has 2 aliphatic heterocycles. The Kier molecular flexibility index (Phi) is 5.17. The van der Waals surface area contributed by atoms with Gasteiger partial charge in [-0.05, 0) is 55.2 Å². The molecule has 2 aliphatic rings. The van der Waals surface area contributed by atoms with Crippen molar-refractivity contribution in [1.82, 2.24) is 10.3 Å². The van der Waals surface area contributed by atoms with E-state index in [-0.39, 0.29) is 17.7 Å². The van der Waals surface area contributed by atoms with Crippen LogP contribution in [0.2, 0.25) is 0 Å². The van der Waals surface area contributed by atoms with E-state index in [2.05, 4.69) is 29.0 Å². The van der Waals surface area contributed by atoms with Gasteiger partial charge in [0, 0.05) is 25.7 Å². The number of carbonyl (C=O) groups excluding carboxylic acids is 2. The summed E-state index contributed by atoms with van der Waals surface area (Å²) < 4.78 is 0. The molecule has 2 amide bonds. The predicted molar refractivity (Wildman–Crippen MR) is 93.8 cm³/mol. The molecule has 24 heavy (non-hydrogen) atoms.